The summed E-state index contributed by atoms with van der Waals surface area (Å²) in [7, 11) is 0. The molecule has 12 nitrogen and oxygen atoms in total. The van der Waals surface area contributed by atoms with E-state index >= 15 is 0 Å². The maximum absolute atomic E-state index is 12.1. The van der Waals surface area contributed by atoms with Crippen molar-refractivity contribution in [2.45, 2.75) is 37.8 Å². The number of benzene rings is 1. The quantitative estimate of drug-likeness (QED) is 0.333. The summed E-state index contributed by atoms with van der Waals surface area (Å²) in [4.78, 5) is 36.3. The van der Waals surface area contributed by atoms with E-state index < -0.39 is 12.3 Å². The number of amides is 2. The van der Waals surface area contributed by atoms with E-state index in [0.717, 1.165) is 5.56 Å². The van der Waals surface area contributed by atoms with Gasteiger partial charge in [0, 0.05) is 30.5 Å². The molecule has 3 heterocycles. The number of carboxylic acid groups (broad SMARTS) is 1. The third kappa shape index (κ3) is 6.27. The van der Waals surface area contributed by atoms with Gasteiger partial charge in [-0.15, -0.1) is 0 Å². The lowest BCUT2D eigenvalue weighted by Gasteiger charge is -2.22. The number of nitrogens with one attached hydrogen (secondary N) is 3. The van der Waals surface area contributed by atoms with Gasteiger partial charge in [-0.2, -0.15) is 0 Å². The maximum Gasteiger partial charge on any atom is 0.323 e. The number of nitrogens with zero attached hydrogens (tertiary/aromatic N) is 3. The van der Waals surface area contributed by atoms with Crippen LogP contribution in [0, 0.1) is 11.8 Å². The first-order valence-corrected chi connectivity index (χ1v) is 13.4. The Hall–Kier alpha value is -3.94. The molecule has 5 unspecified atom stereocenters. The molecule has 6 atom stereocenters. The number of rotatable bonds is 9. The number of ether oxygens (including phenoxy) is 3. The SMILES string of the molecule is CCNC(=O)Nc1ncnc2c1N=CC2C1CC(COC(=S)NCC(=O)O)C2O[C@H](/C=C/c3ccccc3)OC12. The zero-order chi connectivity index (χ0) is 28.1. The third-order valence-corrected chi connectivity index (χ3v) is 7.25. The standard InChI is InChI=1S/C27H30N6O6S/c1-2-28-26(36)33-25-22-21(31-14-32-25)18(11-29-22)17-10-16(13-37-27(40)30-12-19(34)35)23-24(17)39-20(38-23)9-8-15-6-4-3-5-7-15/h3-9,11,14,16-18,20,23-24H,2,10,12-13H2,1H3,(H,30,40)(H,34,35)(H2,28,31,32,33,36)/b9-8+/t16?,17?,18?,20-,23?,24?/m0/s1. The van der Waals surface area contributed by atoms with Crippen molar-refractivity contribution < 1.29 is 28.9 Å². The topological polar surface area (TPSA) is 156 Å². The van der Waals surface area contributed by atoms with Crippen LogP contribution in [0.15, 0.2) is 47.7 Å². The normalized spacial score (nSPS) is 26.3. The van der Waals surface area contributed by atoms with E-state index in [9.17, 15) is 9.59 Å². The van der Waals surface area contributed by atoms with Crippen LogP contribution < -0.4 is 16.0 Å². The molecule has 1 saturated carbocycles. The zero-order valence-electron chi connectivity index (χ0n) is 21.7. The largest absolute Gasteiger partial charge is 0.480 e. The molecule has 2 aliphatic heterocycles. The molecule has 0 radical (unpaired) electrons. The second kappa shape index (κ2) is 12.5. The van der Waals surface area contributed by atoms with Gasteiger partial charge in [-0.25, -0.2) is 14.8 Å². The van der Waals surface area contributed by atoms with Crippen molar-refractivity contribution in [2.75, 3.05) is 25.0 Å². The Morgan fingerprint density at radius 3 is 2.75 bits per heavy atom. The Labute approximate surface area is 236 Å². The fraction of sp³-hybridized carbons (Fsp3) is 0.407. The molecule has 0 spiro atoms. The Morgan fingerprint density at radius 1 is 1.18 bits per heavy atom. The predicted octanol–water partition coefficient (Wildman–Crippen LogP) is 2.85. The van der Waals surface area contributed by atoms with E-state index in [1.165, 1.54) is 6.33 Å². The highest BCUT2D eigenvalue weighted by Crippen LogP contribution is 2.50. The number of hydrogen-bond acceptors (Lipinski definition) is 9. The van der Waals surface area contributed by atoms with Crippen LogP contribution in [-0.4, -0.2) is 76.7 Å². The number of aliphatic imine (C=N–C) groups is 1. The van der Waals surface area contributed by atoms with Gasteiger partial charge in [0.05, 0.1) is 24.5 Å². The molecule has 210 valence electrons. The Kier molecular flexibility index (Phi) is 8.63. The molecule has 2 amide bonds. The molecule has 2 fully saturated rings. The van der Waals surface area contributed by atoms with Crippen LogP contribution in [0.4, 0.5) is 16.3 Å². The second-order valence-electron chi connectivity index (χ2n) is 9.59. The highest BCUT2D eigenvalue weighted by Gasteiger charge is 2.54. The van der Waals surface area contributed by atoms with Crippen LogP contribution in [0.3, 0.4) is 0 Å². The van der Waals surface area contributed by atoms with Gasteiger partial charge in [-0.3, -0.25) is 15.1 Å². The van der Waals surface area contributed by atoms with Crippen molar-refractivity contribution in [1.29, 1.82) is 0 Å². The predicted molar refractivity (Wildman–Crippen MR) is 150 cm³/mol. The van der Waals surface area contributed by atoms with Gasteiger partial charge in [0.2, 0.25) is 0 Å². The van der Waals surface area contributed by atoms with Crippen LogP contribution in [0.1, 0.15) is 30.5 Å². The maximum atomic E-state index is 12.1. The summed E-state index contributed by atoms with van der Waals surface area (Å²) in [5.74, 6) is -1.02. The van der Waals surface area contributed by atoms with Gasteiger partial charge < -0.3 is 30.0 Å². The number of carbonyl (C=O) groups excluding carboxylic acids is 1. The van der Waals surface area contributed by atoms with Crippen molar-refractivity contribution >= 4 is 53.2 Å². The number of carboxylic acids is 1. The summed E-state index contributed by atoms with van der Waals surface area (Å²) in [5, 5.41) is 16.9. The molecule has 5 rings (SSSR count). The fourth-order valence-corrected chi connectivity index (χ4v) is 5.42. The van der Waals surface area contributed by atoms with Crippen LogP contribution in [0.5, 0.6) is 0 Å². The summed E-state index contributed by atoms with van der Waals surface area (Å²) in [5.41, 5.74) is 2.25. The number of hydrogen-bond donors (Lipinski definition) is 4. The third-order valence-electron chi connectivity index (χ3n) is 6.99. The van der Waals surface area contributed by atoms with Crippen molar-refractivity contribution in [3.05, 3.63) is 54.0 Å². The summed E-state index contributed by atoms with van der Waals surface area (Å²) in [6.45, 7) is 2.21. The minimum absolute atomic E-state index is 0.0171. The van der Waals surface area contributed by atoms with Crippen molar-refractivity contribution in [2.24, 2.45) is 16.8 Å². The van der Waals surface area contributed by atoms with Crippen molar-refractivity contribution in [3.63, 3.8) is 0 Å². The minimum Gasteiger partial charge on any atom is -0.480 e. The zero-order valence-corrected chi connectivity index (χ0v) is 22.5. The Bertz CT molecular complexity index is 1310. The van der Waals surface area contributed by atoms with E-state index in [0.29, 0.717) is 30.2 Å². The van der Waals surface area contributed by atoms with Gasteiger partial charge in [-0.05, 0) is 37.2 Å². The molecule has 13 heteroatoms. The second-order valence-corrected chi connectivity index (χ2v) is 9.96. The number of fused-ring (bicyclic) bond motifs is 2. The number of aromatic nitrogens is 2. The smallest absolute Gasteiger partial charge is 0.323 e. The van der Waals surface area contributed by atoms with Crippen LogP contribution in [0.25, 0.3) is 6.08 Å². The van der Waals surface area contributed by atoms with Gasteiger partial charge in [-0.1, -0.05) is 36.4 Å². The Balaban J connectivity index is 1.33. The number of carbonyl (C=O) groups is 2. The molecule has 1 aromatic carbocycles. The lowest BCUT2D eigenvalue weighted by Crippen LogP contribution is -2.33. The van der Waals surface area contributed by atoms with Gasteiger partial charge >= 0.3 is 12.0 Å². The van der Waals surface area contributed by atoms with E-state index in [1.54, 1.807) is 0 Å². The molecular formula is C27H30N6O6S. The summed E-state index contributed by atoms with van der Waals surface area (Å²) in [6, 6.07) is 9.50. The number of urea groups is 1. The molecule has 3 aliphatic rings. The lowest BCUT2D eigenvalue weighted by molar-refractivity contribution is -0.135. The molecular weight excluding hydrogens is 536 g/mol. The first-order valence-electron chi connectivity index (χ1n) is 13.0. The average Bonchev–Trinajstić information content (AvgIpc) is 3.64. The van der Waals surface area contributed by atoms with E-state index in [1.807, 2.05) is 55.6 Å². The van der Waals surface area contributed by atoms with Crippen LogP contribution >= 0.6 is 12.2 Å². The van der Waals surface area contributed by atoms with Crippen LogP contribution in [0.2, 0.25) is 0 Å². The van der Waals surface area contributed by atoms with E-state index in [-0.39, 0.29) is 54.3 Å². The van der Waals surface area contributed by atoms with Crippen molar-refractivity contribution in [1.82, 2.24) is 20.6 Å². The molecule has 1 saturated heterocycles. The number of aliphatic carboxylic acids is 1. The van der Waals surface area contributed by atoms with Crippen molar-refractivity contribution in [3.8, 4) is 0 Å². The monoisotopic (exact) mass is 566 g/mol. The van der Waals surface area contributed by atoms with Gasteiger partial charge in [0.1, 0.15) is 18.6 Å². The van der Waals surface area contributed by atoms with E-state index in [2.05, 4.69) is 30.9 Å². The van der Waals surface area contributed by atoms with Crippen LogP contribution in [-0.2, 0) is 19.0 Å². The number of thiocarbonyl (C=S) groups is 1. The highest BCUT2D eigenvalue weighted by molar-refractivity contribution is 7.80. The molecule has 1 aromatic heterocycles. The summed E-state index contributed by atoms with van der Waals surface area (Å²) >= 11 is 5.14. The first kappa shape index (κ1) is 27.6. The highest BCUT2D eigenvalue weighted by atomic mass is 32.1. The molecule has 0 bridgehead atoms. The summed E-state index contributed by atoms with van der Waals surface area (Å²) in [6.07, 6.45) is 6.62. The van der Waals surface area contributed by atoms with Gasteiger partial charge in [0.15, 0.2) is 12.1 Å². The summed E-state index contributed by atoms with van der Waals surface area (Å²) < 4.78 is 18.5. The molecule has 4 N–H and O–H groups in total. The fourth-order valence-electron chi connectivity index (χ4n) is 5.28. The number of anilines is 1. The van der Waals surface area contributed by atoms with Gasteiger partial charge in [0.25, 0.3) is 5.17 Å². The first-order chi connectivity index (χ1) is 19.4. The Morgan fingerprint density at radius 2 is 1.98 bits per heavy atom. The molecule has 40 heavy (non-hydrogen) atoms. The van der Waals surface area contributed by atoms with E-state index in [4.69, 9.17) is 31.5 Å². The average molecular weight is 567 g/mol. The minimum atomic E-state index is -1.03. The molecule has 1 aliphatic carbocycles. The molecule has 2 aromatic rings. The lowest BCUT2D eigenvalue weighted by atomic mass is 9.87.